The van der Waals surface area contributed by atoms with Crippen LogP contribution in [0.25, 0.3) is 0 Å². The van der Waals surface area contributed by atoms with Gasteiger partial charge >= 0.3 is 0 Å². The van der Waals surface area contributed by atoms with Crippen molar-refractivity contribution in [1.29, 1.82) is 0 Å². The van der Waals surface area contributed by atoms with Crippen molar-refractivity contribution in [3.8, 4) is 0 Å². The van der Waals surface area contributed by atoms with Crippen LogP contribution in [0.1, 0.15) is 18.1 Å². The molecule has 0 saturated heterocycles. The van der Waals surface area contributed by atoms with Crippen molar-refractivity contribution in [3.63, 3.8) is 0 Å². The van der Waals surface area contributed by atoms with Crippen molar-refractivity contribution in [2.45, 2.75) is 18.9 Å². The predicted octanol–water partition coefficient (Wildman–Crippen LogP) is 3.16. The summed E-state index contributed by atoms with van der Waals surface area (Å²) >= 11 is 1.72. The minimum absolute atomic E-state index is 0.275. The molecular formula is C13H15NS. The number of rotatable bonds is 3. The van der Waals surface area contributed by atoms with Crippen LogP contribution in [0.3, 0.4) is 0 Å². The molecule has 0 spiro atoms. The fourth-order valence-corrected chi connectivity index (χ4v) is 2.41. The van der Waals surface area contributed by atoms with Gasteiger partial charge in [-0.25, -0.2) is 0 Å². The lowest BCUT2D eigenvalue weighted by Gasteiger charge is -2.24. The molecule has 1 aromatic heterocycles. The molecule has 1 atom stereocenters. The van der Waals surface area contributed by atoms with Gasteiger partial charge in [-0.05, 0) is 41.3 Å². The van der Waals surface area contributed by atoms with E-state index in [9.17, 15) is 0 Å². The highest BCUT2D eigenvalue weighted by molar-refractivity contribution is 7.07. The average Bonchev–Trinajstić information content (AvgIpc) is 2.71. The molecule has 0 radical (unpaired) electrons. The zero-order valence-corrected chi connectivity index (χ0v) is 9.63. The van der Waals surface area contributed by atoms with E-state index >= 15 is 0 Å². The van der Waals surface area contributed by atoms with E-state index in [1.165, 1.54) is 11.1 Å². The monoisotopic (exact) mass is 217 g/mol. The standard InChI is InChI=1S/C13H15NS/c1-13(14,9-11-7-8-15-10-11)12-5-3-2-4-6-12/h2-8,10H,9,14H2,1H3. The summed E-state index contributed by atoms with van der Waals surface area (Å²) in [6, 6.07) is 12.4. The third-order valence-corrected chi connectivity index (χ3v) is 3.32. The number of thiophene rings is 1. The highest BCUT2D eigenvalue weighted by Crippen LogP contribution is 2.23. The summed E-state index contributed by atoms with van der Waals surface area (Å²) in [6.45, 7) is 2.08. The van der Waals surface area contributed by atoms with Gasteiger partial charge in [-0.15, -0.1) is 0 Å². The summed E-state index contributed by atoms with van der Waals surface area (Å²) in [4.78, 5) is 0. The van der Waals surface area contributed by atoms with Crippen molar-refractivity contribution in [3.05, 3.63) is 58.3 Å². The molecule has 1 nitrogen and oxygen atoms in total. The Morgan fingerprint density at radius 3 is 2.53 bits per heavy atom. The lowest BCUT2D eigenvalue weighted by molar-refractivity contribution is 0.492. The van der Waals surface area contributed by atoms with Crippen LogP contribution in [0.2, 0.25) is 0 Å². The minimum atomic E-state index is -0.275. The van der Waals surface area contributed by atoms with Gasteiger partial charge in [-0.2, -0.15) is 11.3 Å². The summed E-state index contributed by atoms with van der Waals surface area (Å²) in [7, 11) is 0. The first-order valence-corrected chi connectivity index (χ1v) is 5.98. The second kappa shape index (κ2) is 4.17. The second-order valence-corrected chi connectivity index (χ2v) is 4.87. The van der Waals surface area contributed by atoms with Crippen molar-refractivity contribution >= 4 is 11.3 Å². The molecule has 0 saturated carbocycles. The van der Waals surface area contributed by atoms with Gasteiger partial charge in [-0.1, -0.05) is 30.3 Å². The van der Waals surface area contributed by atoms with Crippen LogP contribution in [0, 0.1) is 0 Å². The molecule has 0 bridgehead atoms. The topological polar surface area (TPSA) is 26.0 Å². The van der Waals surface area contributed by atoms with Crippen LogP contribution in [-0.2, 0) is 12.0 Å². The molecule has 15 heavy (non-hydrogen) atoms. The zero-order valence-electron chi connectivity index (χ0n) is 8.81. The molecule has 0 aliphatic carbocycles. The number of hydrogen-bond donors (Lipinski definition) is 1. The van der Waals surface area contributed by atoms with E-state index in [2.05, 4.69) is 35.9 Å². The molecule has 0 fully saturated rings. The maximum atomic E-state index is 6.33. The Hall–Kier alpha value is -1.12. The maximum absolute atomic E-state index is 6.33. The maximum Gasteiger partial charge on any atom is 0.0422 e. The van der Waals surface area contributed by atoms with E-state index in [1.807, 2.05) is 18.2 Å². The Bertz CT molecular complexity index is 403. The largest absolute Gasteiger partial charge is 0.321 e. The Kier molecular flexibility index (Phi) is 2.89. The van der Waals surface area contributed by atoms with Gasteiger partial charge < -0.3 is 5.73 Å². The third-order valence-electron chi connectivity index (χ3n) is 2.58. The van der Waals surface area contributed by atoms with Crippen LogP contribution < -0.4 is 5.73 Å². The second-order valence-electron chi connectivity index (χ2n) is 4.09. The van der Waals surface area contributed by atoms with Gasteiger partial charge in [0.1, 0.15) is 0 Å². The highest BCUT2D eigenvalue weighted by Gasteiger charge is 2.21. The van der Waals surface area contributed by atoms with Crippen molar-refractivity contribution in [1.82, 2.24) is 0 Å². The Labute approximate surface area is 94.6 Å². The van der Waals surface area contributed by atoms with E-state index < -0.39 is 0 Å². The van der Waals surface area contributed by atoms with Crippen molar-refractivity contribution in [2.24, 2.45) is 5.73 Å². The fourth-order valence-electron chi connectivity index (χ4n) is 1.74. The fraction of sp³-hybridized carbons (Fsp3) is 0.231. The SMILES string of the molecule is CC(N)(Cc1ccsc1)c1ccccc1. The summed E-state index contributed by atoms with van der Waals surface area (Å²) < 4.78 is 0. The van der Waals surface area contributed by atoms with E-state index in [1.54, 1.807) is 11.3 Å². The first-order valence-electron chi connectivity index (χ1n) is 5.04. The summed E-state index contributed by atoms with van der Waals surface area (Å²) in [5, 5.41) is 4.25. The lowest BCUT2D eigenvalue weighted by Crippen LogP contribution is -2.35. The molecule has 0 aliphatic heterocycles. The molecule has 2 N–H and O–H groups in total. The van der Waals surface area contributed by atoms with E-state index in [4.69, 9.17) is 5.73 Å². The molecular weight excluding hydrogens is 202 g/mol. The number of benzene rings is 1. The Morgan fingerprint density at radius 2 is 1.93 bits per heavy atom. The van der Waals surface area contributed by atoms with Gasteiger partial charge in [0.05, 0.1) is 0 Å². The Balaban J connectivity index is 2.20. The van der Waals surface area contributed by atoms with Gasteiger partial charge in [-0.3, -0.25) is 0 Å². The number of nitrogens with two attached hydrogens (primary N) is 1. The zero-order chi connectivity index (χ0) is 10.7. The average molecular weight is 217 g/mol. The van der Waals surface area contributed by atoms with Crippen LogP contribution in [0.4, 0.5) is 0 Å². The molecule has 2 rings (SSSR count). The predicted molar refractivity (Wildman–Crippen MR) is 66.0 cm³/mol. The summed E-state index contributed by atoms with van der Waals surface area (Å²) in [5.74, 6) is 0. The van der Waals surface area contributed by atoms with Crippen LogP contribution in [-0.4, -0.2) is 0 Å². The normalized spacial score (nSPS) is 14.8. The van der Waals surface area contributed by atoms with Gasteiger partial charge in [0, 0.05) is 5.54 Å². The molecule has 0 amide bonds. The summed E-state index contributed by atoms with van der Waals surface area (Å²) in [6.07, 6.45) is 0.889. The molecule has 1 heterocycles. The molecule has 2 aromatic rings. The van der Waals surface area contributed by atoms with E-state index in [0.717, 1.165) is 6.42 Å². The van der Waals surface area contributed by atoms with Crippen LogP contribution in [0.5, 0.6) is 0 Å². The molecule has 1 unspecified atom stereocenters. The molecule has 1 aromatic carbocycles. The minimum Gasteiger partial charge on any atom is -0.321 e. The third kappa shape index (κ3) is 2.46. The van der Waals surface area contributed by atoms with Gasteiger partial charge in [0.25, 0.3) is 0 Å². The molecule has 0 aliphatic rings. The first kappa shape index (κ1) is 10.4. The van der Waals surface area contributed by atoms with Gasteiger partial charge in [0.2, 0.25) is 0 Å². The van der Waals surface area contributed by atoms with E-state index in [0.29, 0.717) is 0 Å². The van der Waals surface area contributed by atoms with Crippen LogP contribution >= 0.6 is 11.3 Å². The highest BCUT2D eigenvalue weighted by atomic mass is 32.1. The van der Waals surface area contributed by atoms with E-state index in [-0.39, 0.29) is 5.54 Å². The number of hydrogen-bond acceptors (Lipinski definition) is 2. The lowest BCUT2D eigenvalue weighted by atomic mass is 9.87. The first-order chi connectivity index (χ1) is 7.18. The van der Waals surface area contributed by atoms with Crippen molar-refractivity contribution < 1.29 is 0 Å². The smallest absolute Gasteiger partial charge is 0.0422 e. The Morgan fingerprint density at radius 1 is 1.20 bits per heavy atom. The molecule has 78 valence electrons. The summed E-state index contributed by atoms with van der Waals surface area (Å²) in [5.41, 5.74) is 8.56. The van der Waals surface area contributed by atoms with Crippen molar-refractivity contribution in [2.75, 3.05) is 0 Å². The van der Waals surface area contributed by atoms with Crippen LogP contribution in [0.15, 0.2) is 47.2 Å². The quantitative estimate of drug-likeness (QED) is 0.839. The molecule has 2 heteroatoms. The van der Waals surface area contributed by atoms with Gasteiger partial charge in [0.15, 0.2) is 0 Å².